The van der Waals surface area contributed by atoms with Gasteiger partial charge in [-0.15, -0.1) is 0 Å². The Balaban J connectivity index is 2.15. The molecule has 0 saturated carbocycles. The molecule has 1 aromatic carbocycles. The van der Waals surface area contributed by atoms with Gasteiger partial charge in [-0.3, -0.25) is 0 Å². The van der Waals surface area contributed by atoms with Gasteiger partial charge in [0.05, 0.1) is 0 Å². The summed E-state index contributed by atoms with van der Waals surface area (Å²) in [6, 6.07) is 8.11. The maximum atomic E-state index is 5.69. The molecule has 0 radical (unpaired) electrons. The van der Waals surface area contributed by atoms with Gasteiger partial charge in [-0.2, -0.15) is 16.7 Å². The average molecular weight is 267 g/mol. The zero-order valence-electron chi connectivity index (χ0n) is 9.22. The SMILES string of the molecule is CSCc1cccc(Nc2ncnc(Cl)n2)c1. The van der Waals surface area contributed by atoms with Crippen molar-refractivity contribution >= 4 is 35.0 Å². The fourth-order valence-electron chi connectivity index (χ4n) is 1.37. The van der Waals surface area contributed by atoms with Gasteiger partial charge in [0.15, 0.2) is 0 Å². The molecule has 6 heteroatoms. The maximum absolute atomic E-state index is 5.69. The van der Waals surface area contributed by atoms with Crippen LogP contribution in [0, 0.1) is 0 Å². The molecule has 0 aliphatic rings. The van der Waals surface area contributed by atoms with Crippen molar-refractivity contribution in [3.63, 3.8) is 0 Å². The minimum absolute atomic E-state index is 0.183. The van der Waals surface area contributed by atoms with Gasteiger partial charge in [-0.1, -0.05) is 12.1 Å². The highest BCUT2D eigenvalue weighted by Crippen LogP contribution is 2.17. The Morgan fingerprint density at radius 3 is 3.00 bits per heavy atom. The first kappa shape index (κ1) is 12.1. The van der Waals surface area contributed by atoms with E-state index < -0.39 is 0 Å². The van der Waals surface area contributed by atoms with Crippen molar-refractivity contribution in [2.24, 2.45) is 0 Å². The van der Waals surface area contributed by atoms with E-state index in [2.05, 4.69) is 38.7 Å². The van der Waals surface area contributed by atoms with Crippen LogP contribution < -0.4 is 5.32 Å². The van der Waals surface area contributed by atoms with Crippen LogP contribution in [0.3, 0.4) is 0 Å². The fraction of sp³-hybridized carbons (Fsp3) is 0.182. The van der Waals surface area contributed by atoms with Crippen LogP contribution in [-0.4, -0.2) is 21.2 Å². The van der Waals surface area contributed by atoms with Gasteiger partial charge in [-0.25, -0.2) is 9.97 Å². The Morgan fingerprint density at radius 2 is 2.24 bits per heavy atom. The third-order valence-corrected chi connectivity index (χ3v) is 2.84. The summed E-state index contributed by atoms with van der Waals surface area (Å²) in [5, 5.41) is 3.27. The summed E-state index contributed by atoms with van der Waals surface area (Å²) in [6.07, 6.45) is 3.45. The van der Waals surface area contributed by atoms with E-state index in [9.17, 15) is 0 Å². The van der Waals surface area contributed by atoms with Crippen molar-refractivity contribution < 1.29 is 0 Å². The zero-order chi connectivity index (χ0) is 12.1. The van der Waals surface area contributed by atoms with Gasteiger partial charge < -0.3 is 5.32 Å². The number of nitrogens with zero attached hydrogens (tertiary/aromatic N) is 3. The van der Waals surface area contributed by atoms with Crippen LogP contribution >= 0.6 is 23.4 Å². The quantitative estimate of drug-likeness (QED) is 0.921. The molecule has 0 saturated heterocycles. The van der Waals surface area contributed by atoms with E-state index >= 15 is 0 Å². The second-order valence-electron chi connectivity index (χ2n) is 3.34. The van der Waals surface area contributed by atoms with Gasteiger partial charge in [0.1, 0.15) is 6.33 Å². The van der Waals surface area contributed by atoms with Gasteiger partial charge >= 0.3 is 0 Å². The van der Waals surface area contributed by atoms with Crippen molar-refractivity contribution in [3.05, 3.63) is 41.4 Å². The molecule has 0 atom stereocenters. The molecule has 1 N–H and O–H groups in total. The first-order chi connectivity index (χ1) is 8.28. The smallest absolute Gasteiger partial charge is 0.231 e. The highest BCUT2D eigenvalue weighted by Gasteiger charge is 2.00. The van der Waals surface area contributed by atoms with E-state index in [0.29, 0.717) is 5.95 Å². The third-order valence-electron chi connectivity index (χ3n) is 2.04. The second kappa shape index (κ2) is 5.84. The number of thioether (sulfide) groups is 1. The molecule has 0 spiro atoms. The molecule has 0 unspecified atom stereocenters. The first-order valence-electron chi connectivity index (χ1n) is 4.97. The molecule has 17 heavy (non-hydrogen) atoms. The predicted molar refractivity (Wildman–Crippen MR) is 71.8 cm³/mol. The molecule has 0 amide bonds. The molecule has 1 aromatic heterocycles. The Bertz CT molecular complexity index is 506. The predicted octanol–water partition coefficient (Wildman–Crippen LogP) is 3.13. The summed E-state index contributed by atoms with van der Waals surface area (Å²) >= 11 is 7.47. The van der Waals surface area contributed by atoms with Gasteiger partial charge in [0, 0.05) is 11.4 Å². The normalized spacial score (nSPS) is 10.2. The van der Waals surface area contributed by atoms with Crippen LogP contribution in [0.15, 0.2) is 30.6 Å². The second-order valence-corrected chi connectivity index (χ2v) is 4.54. The van der Waals surface area contributed by atoms with Crippen LogP contribution in [0.4, 0.5) is 11.6 Å². The first-order valence-corrected chi connectivity index (χ1v) is 6.74. The molecule has 2 aromatic rings. The summed E-state index contributed by atoms with van der Waals surface area (Å²) in [7, 11) is 0. The lowest BCUT2D eigenvalue weighted by Crippen LogP contribution is -1.98. The van der Waals surface area contributed by atoms with Gasteiger partial charge in [0.2, 0.25) is 11.2 Å². The fourth-order valence-corrected chi connectivity index (χ4v) is 2.01. The van der Waals surface area contributed by atoms with Crippen LogP contribution in [0.1, 0.15) is 5.56 Å². The number of rotatable bonds is 4. The highest BCUT2D eigenvalue weighted by atomic mass is 35.5. The molecule has 0 bridgehead atoms. The van der Waals surface area contributed by atoms with E-state index in [-0.39, 0.29) is 5.28 Å². The van der Waals surface area contributed by atoms with Crippen LogP contribution in [0.2, 0.25) is 5.28 Å². The lowest BCUT2D eigenvalue weighted by molar-refractivity contribution is 1.05. The molecule has 0 aliphatic carbocycles. The third kappa shape index (κ3) is 3.57. The Hall–Kier alpha value is -1.33. The Labute approximate surface area is 109 Å². The monoisotopic (exact) mass is 266 g/mol. The number of anilines is 2. The van der Waals surface area contributed by atoms with Crippen LogP contribution in [-0.2, 0) is 5.75 Å². The van der Waals surface area contributed by atoms with Gasteiger partial charge in [-0.05, 0) is 35.6 Å². The van der Waals surface area contributed by atoms with E-state index in [1.807, 2.05) is 12.1 Å². The molecule has 0 aliphatic heterocycles. The van der Waals surface area contributed by atoms with Crippen LogP contribution in [0.25, 0.3) is 0 Å². The summed E-state index contributed by atoms with van der Waals surface area (Å²) in [6.45, 7) is 0. The number of hydrogen-bond donors (Lipinski definition) is 1. The molecular formula is C11H11ClN4S. The molecule has 1 heterocycles. The summed E-state index contributed by atoms with van der Waals surface area (Å²) < 4.78 is 0. The van der Waals surface area contributed by atoms with E-state index in [1.54, 1.807) is 11.8 Å². The summed E-state index contributed by atoms with van der Waals surface area (Å²) in [4.78, 5) is 11.7. The van der Waals surface area contributed by atoms with E-state index in [4.69, 9.17) is 11.6 Å². The maximum Gasteiger partial charge on any atom is 0.231 e. The summed E-state index contributed by atoms with van der Waals surface area (Å²) in [5.41, 5.74) is 2.20. The van der Waals surface area contributed by atoms with Crippen molar-refractivity contribution in [1.29, 1.82) is 0 Å². The Morgan fingerprint density at radius 1 is 1.35 bits per heavy atom. The number of aromatic nitrogens is 3. The van der Waals surface area contributed by atoms with Crippen LogP contribution in [0.5, 0.6) is 0 Å². The minimum Gasteiger partial charge on any atom is -0.324 e. The molecule has 0 fully saturated rings. The molecule has 2 rings (SSSR count). The van der Waals surface area contributed by atoms with Crippen molar-refractivity contribution in [2.75, 3.05) is 11.6 Å². The van der Waals surface area contributed by atoms with E-state index in [1.165, 1.54) is 11.9 Å². The number of benzene rings is 1. The molecular weight excluding hydrogens is 256 g/mol. The largest absolute Gasteiger partial charge is 0.324 e. The topological polar surface area (TPSA) is 50.7 Å². The lowest BCUT2D eigenvalue weighted by Gasteiger charge is -2.06. The lowest BCUT2D eigenvalue weighted by atomic mass is 10.2. The molecule has 4 nitrogen and oxygen atoms in total. The van der Waals surface area contributed by atoms with Crippen molar-refractivity contribution in [3.8, 4) is 0 Å². The highest BCUT2D eigenvalue weighted by molar-refractivity contribution is 7.97. The standard InChI is InChI=1S/C11H11ClN4S/c1-17-6-8-3-2-4-9(5-8)15-11-14-7-13-10(12)16-11/h2-5,7H,6H2,1H3,(H,13,14,15,16). The minimum atomic E-state index is 0.183. The van der Waals surface area contributed by atoms with Crippen molar-refractivity contribution in [2.45, 2.75) is 5.75 Å². The number of nitrogens with one attached hydrogen (secondary N) is 1. The Kier molecular flexibility index (Phi) is 4.17. The molecule has 88 valence electrons. The number of hydrogen-bond acceptors (Lipinski definition) is 5. The zero-order valence-corrected chi connectivity index (χ0v) is 10.8. The number of halogens is 1. The summed E-state index contributed by atoms with van der Waals surface area (Å²) in [5.74, 6) is 1.43. The van der Waals surface area contributed by atoms with E-state index in [0.717, 1.165) is 11.4 Å². The van der Waals surface area contributed by atoms with Crippen molar-refractivity contribution in [1.82, 2.24) is 15.0 Å². The average Bonchev–Trinajstić information content (AvgIpc) is 2.30. The van der Waals surface area contributed by atoms with Gasteiger partial charge in [0.25, 0.3) is 0 Å².